The maximum absolute atomic E-state index is 13.2. The first-order valence-corrected chi connectivity index (χ1v) is 11.8. The fraction of sp³-hybridized carbons (Fsp3) is 0.280. The van der Waals surface area contributed by atoms with Crippen molar-refractivity contribution in [3.05, 3.63) is 92.5 Å². The maximum atomic E-state index is 13.2. The lowest BCUT2D eigenvalue weighted by atomic mass is 10.00. The third-order valence-corrected chi connectivity index (χ3v) is 6.50. The molecule has 36 heavy (non-hydrogen) atoms. The van der Waals surface area contributed by atoms with Gasteiger partial charge in [0.15, 0.2) is 11.0 Å². The second-order valence-electron chi connectivity index (χ2n) is 8.76. The largest absolute Gasteiger partial charge is 0.345 e. The van der Waals surface area contributed by atoms with Crippen LogP contribution in [-0.2, 0) is 4.79 Å². The normalized spacial score (nSPS) is 15.1. The van der Waals surface area contributed by atoms with Gasteiger partial charge in [-0.15, -0.1) is 5.10 Å². The third kappa shape index (κ3) is 4.67. The molecule has 11 nitrogen and oxygen atoms in total. The van der Waals surface area contributed by atoms with E-state index in [1.165, 1.54) is 4.68 Å². The van der Waals surface area contributed by atoms with Gasteiger partial charge in [0.25, 0.3) is 17.0 Å². The van der Waals surface area contributed by atoms with Gasteiger partial charge in [-0.2, -0.15) is 0 Å². The second-order valence-corrected chi connectivity index (χ2v) is 8.76. The van der Waals surface area contributed by atoms with E-state index in [0.29, 0.717) is 31.5 Å². The highest BCUT2D eigenvalue weighted by atomic mass is 16.2. The molecule has 0 unspecified atom stereocenters. The Bertz CT molecular complexity index is 1490. The maximum Gasteiger partial charge on any atom is 0.292 e. The number of carbonyl (C=O) groups is 2. The van der Waals surface area contributed by atoms with Crippen LogP contribution in [0.4, 0.5) is 0 Å². The highest BCUT2D eigenvalue weighted by Gasteiger charge is 2.29. The molecule has 0 aliphatic carbocycles. The molecule has 184 valence electrons. The number of H-pyrrole nitrogens is 2. The van der Waals surface area contributed by atoms with E-state index in [-0.39, 0.29) is 35.3 Å². The predicted molar refractivity (Wildman–Crippen MR) is 131 cm³/mol. The fourth-order valence-corrected chi connectivity index (χ4v) is 4.58. The monoisotopic (exact) mass is 487 g/mol. The minimum Gasteiger partial charge on any atom is -0.345 e. The molecule has 3 N–H and O–H groups in total. The van der Waals surface area contributed by atoms with Gasteiger partial charge in [0.2, 0.25) is 5.91 Å². The van der Waals surface area contributed by atoms with Gasteiger partial charge in [0, 0.05) is 18.7 Å². The SMILES string of the molecule is O=C(N[C@H](CC(=O)N1CCC(n2nnc3c(=O)[nH][nH]c(=O)c32)CC1)c1ccccc1)c1ccccc1. The predicted octanol–water partition coefficient (Wildman–Crippen LogP) is 1.53. The van der Waals surface area contributed by atoms with Crippen molar-refractivity contribution in [2.45, 2.75) is 31.3 Å². The number of piperidine rings is 1. The van der Waals surface area contributed by atoms with Crippen LogP contribution < -0.4 is 16.4 Å². The summed E-state index contributed by atoms with van der Waals surface area (Å²) in [6.45, 7) is 0.917. The van der Waals surface area contributed by atoms with Crippen LogP contribution in [0.3, 0.4) is 0 Å². The number of hydrogen-bond acceptors (Lipinski definition) is 6. The smallest absolute Gasteiger partial charge is 0.292 e. The van der Waals surface area contributed by atoms with Gasteiger partial charge in [-0.05, 0) is 30.5 Å². The number of aromatic nitrogens is 5. The molecule has 0 radical (unpaired) electrons. The highest BCUT2D eigenvalue weighted by molar-refractivity contribution is 5.94. The summed E-state index contributed by atoms with van der Waals surface area (Å²) >= 11 is 0. The summed E-state index contributed by atoms with van der Waals surface area (Å²) in [5.74, 6) is -0.317. The molecule has 0 saturated carbocycles. The number of nitrogens with zero attached hydrogens (tertiary/aromatic N) is 4. The summed E-state index contributed by atoms with van der Waals surface area (Å²) in [4.78, 5) is 52.0. The molecule has 2 amide bonds. The Balaban J connectivity index is 1.27. The summed E-state index contributed by atoms with van der Waals surface area (Å²) in [5.41, 5.74) is 0.540. The zero-order chi connectivity index (χ0) is 25.1. The molecular formula is C25H25N7O4. The Labute approximate surface area is 205 Å². The van der Waals surface area contributed by atoms with E-state index in [1.807, 2.05) is 36.4 Å². The van der Waals surface area contributed by atoms with Crippen molar-refractivity contribution in [3.8, 4) is 0 Å². The average Bonchev–Trinajstić information content (AvgIpc) is 3.38. The van der Waals surface area contributed by atoms with Crippen LogP contribution >= 0.6 is 0 Å². The van der Waals surface area contributed by atoms with Crippen molar-refractivity contribution in [2.75, 3.05) is 13.1 Å². The lowest BCUT2D eigenvalue weighted by Gasteiger charge is -2.33. The molecule has 5 rings (SSSR count). The first kappa shape index (κ1) is 23.2. The van der Waals surface area contributed by atoms with Crippen LogP contribution in [-0.4, -0.2) is 55.0 Å². The van der Waals surface area contributed by atoms with E-state index < -0.39 is 17.2 Å². The van der Waals surface area contributed by atoms with Gasteiger partial charge in [0.05, 0.1) is 18.5 Å². The first-order valence-electron chi connectivity index (χ1n) is 11.8. The molecule has 4 aromatic rings. The van der Waals surface area contributed by atoms with E-state index in [4.69, 9.17) is 0 Å². The number of nitrogens with one attached hydrogen (secondary N) is 3. The van der Waals surface area contributed by atoms with E-state index in [2.05, 4.69) is 25.8 Å². The van der Waals surface area contributed by atoms with Crippen molar-refractivity contribution < 1.29 is 9.59 Å². The zero-order valence-corrected chi connectivity index (χ0v) is 19.4. The number of amides is 2. The Kier molecular flexibility index (Phi) is 6.44. The lowest BCUT2D eigenvalue weighted by Crippen LogP contribution is -2.41. The van der Waals surface area contributed by atoms with Crippen molar-refractivity contribution in [1.29, 1.82) is 0 Å². The first-order chi connectivity index (χ1) is 17.5. The minimum absolute atomic E-state index is 0.00267. The zero-order valence-electron chi connectivity index (χ0n) is 19.4. The van der Waals surface area contributed by atoms with E-state index in [1.54, 1.807) is 29.2 Å². The van der Waals surface area contributed by atoms with E-state index >= 15 is 0 Å². The van der Waals surface area contributed by atoms with Gasteiger partial charge in [-0.25, -0.2) is 4.68 Å². The Morgan fingerprint density at radius 1 is 0.944 bits per heavy atom. The number of rotatable bonds is 6. The topological polar surface area (TPSA) is 146 Å². The Hall–Kier alpha value is -4.54. The molecule has 2 aromatic heterocycles. The molecule has 0 bridgehead atoms. The molecule has 1 aliphatic heterocycles. The summed E-state index contributed by atoms with van der Waals surface area (Å²) in [6.07, 6.45) is 1.24. The summed E-state index contributed by atoms with van der Waals surface area (Å²) in [5, 5.41) is 15.5. The number of fused-ring (bicyclic) bond motifs is 1. The Morgan fingerprint density at radius 2 is 1.58 bits per heavy atom. The van der Waals surface area contributed by atoms with Crippen LogP contribution in [0.25, 0.3) is 11.0 Å². The molecule has 3 heterocycles. The third-order valence-electron chi connectivity index (χ3n) is 6.50. The number of aromatic amines is 2. The van der Waals surface area contributed by atoms with Crippen molar-refractivity contribution in [1.82, 2.24) is 35.4 Å². The molecule has 1 saturated heterocycles. The highest BCUT2D eigenvalue weighted by Crippen LogP contribution is 2.25. The summed E-state index contributed by atoms with van der Waals surface area (Å²) < 4.78 is 1.48. The van der Waals surface area contributed by atoms with E-state index in [0.717, 1.165) is 5.56 Å². The van der Waals surface area contributed by atoms with Gasteiger partial charge in [0.1, 0.15) is 0 Å². The van der Waals surface area contributed by atoms with E-state index in [9.17, 15) is 19.2 Å². The quantitative estimate of drug-likeness (QED) is 0.376. The number of likely N-dealkylation sites (tertiary alicyclic amines) is 1. The number of benzene rings is 2. The van der Waals surface area contributed by atoms with Gasteiger partial charge >= 0.3 is 0 Å². The molecule has 11 heteroatoms. The molecular weight excluding hydrogens is 462 g/mol. The number of hydrogen-bond donors (Lipinski definition) is 3. The second kappa shape index (κ2) is 9.98. The molecule has 1 aliphatic rings. The average molecular weight is 488 g/mol. The van der Waals surface area contributed by atoms with Crippen molar-refractivity contribution in [3.63, 3.8) is 0 Å². The molecule has 2 aromatic carbocycles. The van der Waals surface area contributed by atoms with Crippen LogP contribution in [0.5, 0.6) is 0 Å². The fourth-order valence-electron chi connectivity index (χ4n) is 4.58. The minimum atomic E-state index is -0.507. The molecule has 0 spiro atoms. The Morgan fingerprint density at radius 3 is 2.28 bits per heavy atom. The van der Waals surface area contributed by atoms with Crippen LogP contribution in [0.2, 0.25) is 0 Å². The van der Waals surface area contributed by atoms with Gasteiger partial charge in [-0.3, -0.25) is 29.4 Å². The lowest BCUT2D eigenvalue weighted by molar-refractivity contribution is -0.133. The summed E-state index contributed by atoms with van der Waals surface area (Å²) in [6, 6.07) is 17.7. The number of carbonyl (C=O) groups excluding carboxylic acids is 2. The summed E-state index contributed by atoms with van der Waals surface area (Å²) in [7, 11) is 0. The van der Waals surface area contributed by atoms with Gasteiger partial charge < -0.3 is 10.2 Å². The van der Waals surface area contributed by atoms with Crippen LogP contribution in [0.1, 0.15) is 47.3 Å². The van der Waals surface area contributed by atoms with Gasteiger partial charge in [-0.1, -0.05) is 53.7 Å². The van der Waals surface area contributed by atoms with Crippen molar-refractivity contribution in [2.24, 2.45) is 0 Å². The van der Waals surface area contributed by atoms with Crippen molar-refractivity contribution >= 4 is 22.8 Å². The van der Waals surface area contributed by atoms with Crippen LogP contribution in [0.15, 0.2) is 70.3 Å². The standard InChI is InChI=1S/C25H25N7O4/c33-20(15-19(16-7-3-1-4-8-16)26-23(34)17-9-5-2-6-10-17)31-13-11-18(12-14-31)32-22-21(27-30-32)24(35)28-29-25(22)36/h1-10,18-19H,11-15H2,(H,26,34)(H,28,35)(H,29,36)/t19-/m1/s1. The molecule has 1 atom stereocenters. The van der Waals surface area contributed by atoms with Crippen LogP contribution in [0, 0.1) is 0 Å². The molecule has 1 fully saturated rings.